The molecule has 0 saturated heterocycles. The summed E-state index contributed by atoms with van der Waals surface area (Å²) in [6.45, 7) is 19.9. The summed E-state index contributed by atoms with van der Waals surface area (Å²) in [5.41, 5.74) is 12.0. The number of nitrogens with two attached hydrogens (primary N) is 1. The Labute approximate surface area is 191 Å². The van der Waals surface area contributed by atoms with Gasteiger partial charge in [-0.1, -0.05) is 120 Å². The first kappa shape index (κ1) is 26.7. The lowest BCUT2D eigenvalue weighted by atomic mass is 9.63. The largest absolute Gasteiger partial charge is 0.330 e. The number of allylic oxidation sites excluding steroid dienone is 5. The van der Waals surface area contributed by atoms with E-state index in [9.17, 15) is 0 Å². The first-order chi connectivity index (χ1) is 14.7. The Morgan fingerprint density at radius 1 is 0.903 bits per heavy atom. The number of benzene rings is 2. The van der Waals surface area contributed by atoms with E-state index in [2.05, 4.69) is 108 Å². The third kappa shape index (κ3) is 7.36. The van der Waals surface area contributed by atoms with Crippen LogP contribution in [-0.2, 0) is 12.8 Å². The molecule has 2 aromatic carbocycles. The van der Waals surface area contributed by atoms with Crippen molar-refractivity contribution in [2.75, 3.05) is 6.54 Å². The smallest absolute Gasteiger partial charge is 0.00925 e. The molecule has 1 atom stereocenters. The molecule has 0 spiro atoms. The topological polar surface area (TPSA) is 26.0 Å². The minimum atomic E-state index is -0.0441. The SMILES string of the molecule is C=C/C(C)=C\C(C)(/C=C\C)C(C)(C)Cc1ccc(-c2ccc(CCN)cc2)cc1.CC. The van der Waals surface area contributed by atoms with Gasteiger partial charge in [-0.05, 0) is 60.9 Å². The van der Waals surface area contributed by atoms with Crippen LogP contribution in [0.25, 0.3) is 11.1 Å². The van der Waals surface area contributed by atoms with Crippen molar-refractivity contribution >= 4 is 0 Å². The average molecular weight is 418 g/mol. The van der Waals surface area contributed by atoms with Gasteiger partial charge in [0.15, 0.2) is 0 Å². The normalized spacial score (nSPS) is 14.0. The van der Waals surface area contributed by atoms with Gasteiger partial charge in [0.05, 0.1) is 0 Å². The Bertz CT molecular complexity index is 850. The molecule has 0 aliphatic rings. The van der Waals surface area contributed by atoms with Gasteiger partial charge in [-0.15, -0.1) is 0 Å². The van der Waals surface area contributed by atoms with E-state index in [1.54, 1.807) is 0 Å². The Balaban J connectivity index is 0.00000233. The average Bonchev–Trinajstić information content (AvgIpc) is 2.76. The summed E-state index contributed by atoms with van der Waals surface area (Å²) < 4.78 is 0. The molecule has 0 aliphatic carbocycles. The molecule has 0 radical (unpaired) electrons. The fourth-order valence-corrected chi connectivity index (χ4v) is 3.89. The summed E-state index contributed by atoms with van der Waals surface area (Å²) in [6, 6.07) is 17.7. The van der Waals surface area contributed by atoms with E-state index < -0.39 is 0 Å². The molecule has 0 heterocycles. The molecular formula is C30H43N. The predicted molar refractivity (Wildman–Crippen MR) is 140 cm³/mol. The molecule has 0 fully saturated rings. The lowest BCUT2D eigenvalue weighted by molar-refractivity contribution is 0.196. The Morgan fingerprint density at radius 2 is 1.39 bits per heavy atom. The fourth-order valence-electron chi connectivity index (χ4n) is 3.89. The lowest BCUT2D eigenvalue weighted by Crippen LogP contribution is -2.34. The Morgan fingerprint density at radius 3 is 1.81 bits per heavy atom. The molecule has 0 aliphatic heterocycles. The highest BCUT2D eigenvalue weighted by molar-refractivity contribution is 5.64. The van der Waals surface area contributed by atoms with Crippen molar-refractivity contribution in [1.29, 1.82) is 0 Å². The van der Waals surface area contributed by atoms with Crippen molar-refractivity contribution in [2.24, 2.45) is 16.6 Å². The van der Waals surface area contributed by atoms with Crippen molar-refractivity contribution < 1.29 is 0 Å². The number of hydrogen-bond acceptors (Lipinski definition) is 1. The van der Waals surface area contributed by atoms with Crippen molar-refractivity contribution in [3.63, 3.8) is 0 Å². The van der Waals surface area contributed by atoms with Crippen LogP contribution < -0.4 is 5.73 Å². The maximum atomic E-state index is 5.65. The summed E-state index contributed by atoms with van der Waals surface area (Å²) in [5.74, 6) is 0. The van der Waals surface area contributed by atoms with Crippen LogP contribution in [0, 0.1) is 10.8 Å². The van der Waals surface area contributed by atoms with Crippen molar-refractivity contribution in [3.8, 4) is 11.1 Å². The van der Waals surface area contributed by atoms with Gasteiger partial charge < -0.3 is 5.73 Å². The number of hydrogen-bond donors (Lipinski definition) is 1. The van der Waals surface area contributed by atoms with Gasteiger partial charge in [-0.2, -0.15) is 0 Å². The molecular weight excluding hydrogens is 374 g/mol. The highest BCUT2D eigenvalue weighted by atomic mass is 14.5. The van der Waals surface area contributed by atoms with Gasteiger partial charge in [-0.25, -0.2) is 0 Å². The van der Waals surface area contributed by atoms with E-state index in [-0.39, 0.29) is 10.8 Å². The third-order valence-electron chi connectivity index (χ3n) is 6.14. The molecule has 0 bridgehead atoms. The maximum Gasteiger partial charge on any atom is 0.00925 e. The maximum absolute atomic E-state index is 5.65. The van der Waals surface area contributed by atoms with Crippen molar-refractivity contribution in [3.05, 3.63) is 96.1 Å². The minimum absolute atomic E-state index is 0.0441. The highest BCUT2D eigenvalue weighted by Crippen LogP contribution is 2.45. The van der Waals surface area contributed by atoms with Crippen LogP contribution in [0.1, 0.15) is 59.6 Å². The highest BCUT2D eigenvalue weighted by Gasteiger charge is 2.37. The molecule has 0 aromatic heterocycles. The van der Waals surface area contributed by atoms with Crippen LogP contribution in [0.5, 0.6) is 0 Å². The van der Waals surface area contributed by atoms with E-state index in [0.717, 1.165) is 12.8 Å². The molecule has 31 heavy (non-hydrogen) atoms. The molecule has 1 heteroatoms. The first-order valence-electron chi connectivity index (χ1n) is 11.6. The minimum Gasteiger partial charge on any atom is -0.330 e. The van der Waals surface area contributed by atoms with Crippen LogP contribution in [0.2, 0.25) is 0 Å². The molecule has 2 aromatic rings. The summed E-state index contributed by atoms with van der Waals surface area (Å²) in [5, 5.41) is 0. The summed E-state index contributed by atoms with van der Waals surface area (Å²) in [7, 11) is 0. The second kappa shape index (κ2) is 12.5. The monoisotopic (exact) mass is 417 g/mol. The van der Waals surface area contributed by atoms with Gasteiger partial charge >= 0.3 is 0 Å². The van der Waals surface area contributed by atoms with Gasteiger partial charge in [0.2, 0.25) is 0 Å². The van der Waals surface area contributed by atoms with E-state index in [1.165, 1.54) is 27.8 Å². The van der Waals surface area contributed by atoms with Gasteiger partial charge in [0.1, 0.15) is 0 Å². The van der Waals surface area contributed by atoms with Crippen LogP contribution in [0.3, 0.4) is 0 Å². The standard InChI is InChI=1S/C28H37N.C2H6/c1-7-18-28(6,20-22(3)8-2)27(4,5)21-24-11-15-26(16-12-24)25-13-9-23(10-14-25)17-19-29;1-2/h7-16,18,20H,2,17,19,21,29H2,1,3-6H3;1-2H3/b18-7-,22-20-;. The number of rotatable bonds is 9. The van der Waals surface area contributed by atoms with Crippen LogP contribution in [0.15, 0.2) is 85.0 Å². The van der Waals surface area contributed by atoms with Gasteiger partial charge in [-0.3, -0.25) is 0 Å². The van der Waals surface area contributed by atoms with E-state index in [1.807, 2.05) is 19.9 Å². The molecule has 168 valence electrons. The summed E-state index contributed by atoms with van der Waals surface area (Å²) in [6.07, 6.45) is 10.7. The second-order valence-corrected chi connectivity index (χ2v) is 8.87. The summed E-state index contributed by atoms with van der Waals surface area (Å²) >= 11 is 0. The van der Waals surface area contributed by atoms with E-state index >= 15 is 0 Å². The predicted octanol–water partition coefficient (Wildman–Crippen LogP) is 8.16. The van der Waals surface area contributed by atoms with Crippen LogP contribution in [-0.4, -0.2) is 6.54 Å². The molecule has 0 saturated carbocycles. The molecule has 2 rings (SSSR count). The Hall–Kier alpha value is -2.38. The van der Waals surface area contributed by atoms with Crippen LogP contribution >= 0.6 is 0 Å². The van der Waals surface area contributed by atoms with Gasteiger partial charge in [0.25, 0.3) is 0 Å². The van der Waals surface area contributed by atoms with Crippen LogP contribution in [0.4, 0.5) is 0 Å². The first-order valence-corrected chi connectivity index (χ1v) is 11.6. The van der Waals surface area contributed by atoms with Crippen molar-refractivity contribution in [2.45, 2.75) is 61.3 Å². The Kier molecular flexibility index (Phi) is 10.7. The lowest BCUT2D eigenvalue weighted by Gasteiger charge is -2.41. The van der Waals surface area contributed by atoms with E-state index in [0.29, 0.717) is 6.54 Å². The van der Waals surface area contributed by atoms with Gasteiger partial charge in [0, 0.05) is 5.41 Å². The molecule has 0 amide bonds. The molecule has 1 unspecified atom stereocenters. The fraction of sp³-hybridized carbons (Fsp3) is 0.400. The third-order valence-corrected chi connectivity index (χ3v) is 6.14. The zero-order chi connectivity index (χ0) is 23.5. The molecule has 1 nitrogen and oxygen atoms in total. The molecule has 2 N–H and O–H groups in total. The quantitative estimate of drug-likeness (QED) is 0.323. The zero-order valence-electron chi connectivity index (χ0n) is 20.8. The zero-order valence-corrected chi connectivity index (χ0v) is 20.8. The second-order valence-electron chi connectivity index (χ2n) is 8.87. The van der Waals surface area contributed by atoms with E-state index in [4.69, 9.17) is 5.73 Å². The summed E-state index contributed by atoms with van der Waals surface area (Å²) in [4.78, 5) is 0. The van der Waals surface area contributed by atoms with Crippen molar-refractivity contribution in [1.82, 2.24) is 0 Å².